The average Bonchev–Trinajstić information content (AvgIpc) is 2.88. The third kappa shape index (κ3) is 2.85. The number of hydrogen-bond donors (Lipinski definition) is 1. The van der Waals surface area contributed by atoms with Crippen LogP contribution in [0.2, 0.25) is 0 Å². The molecule has 0 radical (unpaired) electrons. The number of esters is 1. The minimum absolute atomic E-state index is 0.199. The first-order chi connectivity index (χ1) is 9.52. The molecule has 6 heteroatoms. The van der Waals surface area contributed by atoms with E-state index in [4.69, 9.17) is 4.74 Å². The molecule has 0 saturated carbocycles. The number of aliphatic hydroxyl groups is 1. The predicted molar refractivity (Wildman–Crippen MR) is 70.1 cm³/mol. The summed E-state index contributed by atoms with van der Waals surface area (Å²) in [4.78, 5) is 11.5. The summed E-state index contributed by atoms with van der Waals surface area (Å²) in [6.45, 7) is 3.53. The Kier molecular flexibility index (Phi) is 4.14. The Morgan fingerprint density at radius 3 is 2.90 bits per heavy atom. The van der Waals surface area contributed by atoms with Gasteiger partial charge in [-0.15, -0.1) is 0 Å². The number of benzene rings is 1. The molecule has 0 fully saturated rings. The van der Waals surface area contributed by atoms with Crippen LogP contribution < -0.4 is 0 Å². The highest BCUT2D eigenvalue weighted by molar-refractivity contribution is 5.88. The summed E-state index contributed by atoms with van der Waals surface area (Å²) < 4.78 is 20.1. The van der Waals surface area contributed by atoms with Crippen LogP contribution in [0, 0.1) is 5.82 Å². The Labute approximate surface area is 115 Å². The van der Waals surface area contributed by atoms with Gasteiger partial charge < -0.3 is 9.84 Å². The van der Waals surface area contributed by atoms with Crippen LogP contribution in [0.5, 0.6) is 0 Å². The van der Waals surface area contributed by atoms with Crippen molar-refractivity contribution in [1.82, 2.24) is 9.78 Å². The summed E-state index contributed by atoms with van der Waals surface area (Å²) in [6.07, 6.45) is 1.98. The molecule has 0 aliphatic rings. The lowest BCUT2D eigenvalue weighted by molar-refractivity contribution is 0.0526. The standard InChI is InChI=1S/C14H15FN2O3/c1-3-20-14(19)11-7-16-17(8-11)13-5-4-10(9(2)18)6-12(13)15/h4-9,18H,3H2,1-2H3. The number of carbonyl (C=O) groups excluding carboxylic acids is 1. The van der Waals surface area contributed by atoms with E-state index in [1.165, 1.54) is 29.2 Å². The quantitative estimate of drug-likeness (QED) is 0.871. The van der Waals surface area contributed by atoms with Gasteiger partial charge in [0.1, 0.15) is 11.5 Å². The van der Waals surface area contributed by atoms with Gasteiger partial charge in [-0.05, 0) is 31.5 Å². The Balaban J connectivity index is 2.30. The number of aromatic nitrogens is 2. The van der Waals surface area contributed by atoms with E-state index in [-0.39, 0.29) is 17.9 Å². The molecule has 5 nitrogen and oxygen atoms in total. The molecule has 0 saturated heterocycles. The van der Waals surface area contributed by atoms with Crippen LogP contribution in [0.25, 0.3) is 5.69 Å². The second kappa shape index (κ2) is 5.83. The van der Waals surface area contributed by atoms with E-state index >= 15 is 0 Å². The van der Waals surface area contributed by atoms with E-state index in [0.717, 1.165) is 0 Å². The van der Waals surface area contributed by atoms with Gasteiger partial charge in [0.05, 0.1) is 24.5 Å². The molecular formula is C14H15FN2O3. The first kappa shape index (κ1) is 14.2. The van der Waals surface area contributed by atoms with Crippen LogP contribution in [0.15, 0.2) is 30.6 Å². The Morgan fingerprint density at radius 1 is 1.55 bits per heavy atom. The fraction of sp³-hybridized carbons (Fsp3) is 0.286. The smallest absolute Gasteiger partial charge is 0.341 e. The highest BCUT2D eigenvalue weighted by atomic mass is 19.1. The van der Waals surface area contributed by atoms with E-state index in [9.17, 15) is 14.3 Å². The van der Waals surface area contributed by atoms with Gasteiger partial charge in [-0.1, -0.05) is 6.07 Å². The molecule has 1 aromatic heterocycles. The maximum Gasteiger partial charge on any atom is 0.341 e. The molecule has 1 aromatic carbocycles. The maximum absolute atomic E-state index is 14.0. The first-order valence-electron chi connectivity index (χ1n) is 6.22. The highest BCUT2D eigenvalue weighted by Gasteiger charge is 2.13. The third-order valence-corrected chi connectivity index (χ3v) is 2.79. The van der Waals surface area contributed by atoms with Gasteiger partial charge >= 0.3 is 5.97 Å². The number of rotatable bonds is 4. The monoisotopic (exact) mass is 278 g/mol. The second-order valence-corrected chi connectivity index (χ2v) is 4.28. The van der Waals surface area contributed by atoms with Crippen LogP contribution in [0.1, 0.15) is 35.9 Å². The van der Waals surface area contributed by atoms with Crippen molar-refractivity contribution in [2.75, 3.05) is 6.61 Å². The van der Waals surface area contributed by atoms with Gasteiger partial charge in [0.15, 0.2) is 0 Å². The number of halogens is 1. The summed E-state index contributed by atoms with van der Waals surface area (Å²) in [5, 5.41) is 13.3. The first-order valence-corrected chi connectivity index (χ1v) is 6.22. The molecule has 2 rings (SSSR count). The van der Waals surface area contributed by atoms with E-state index in [1.54, 1.807) is 19.9 Å². The molecule has 0 bridgehead atoms. The van der Waals surface area contributed by atoms with E-state index in [0.29, 0.717) is 5.56 Å². The lowest BCUT2D eigenvalue weighted by atomic mass is 10.1. The SMILES string of the molecule is CCOC(=O)c1cnn(-c2ccc(C(C)O)cc2F)c1. The van der Waals surface area contributed by atoms with Gasteiger partial charge in [0, 0.05) is 6.20 Å². The van der Waals surface area contributed by atoms with Gasteiger partial charge in [-0.3, -0.25) is 0 Å². The number of aliphatic hydroxyl groups excluding tert-OH is 1. The van der Waals surface area contributed by atoms with Gasteiger partial charge in [0.25, 0.3) is 0 Å². The molecule has 106 valence electrons. The van der Waals surface area contributed by atoms with Crippen LogP contribution >= 0.6 is 0 Å². The number of nitrogens with zero attached hydrogens (tertiary/aromatic N) is 2. The molecule has 2 aromatic rings. The number of hydrogen-bond acceptors (Lipinski definition) is 4. The topological polar surface area (TPSA) is 64.3 Å². The van der Waals surface area contributed by atoms with Crippen molar-refractivity contribution in [3.05, 3.63) is 47.5 Å². The largest absolute Gasteiger partial charge is 0.462 e. The summed E-state index contributed by atoms with van der Waals surface area (Å²) >= 11 is 0. The average molecular weight is 278 g/mol. The Hall–Kier alpha value is -2.21. The van der Waals surface area contributed by atoms with Crippen LogP contribution in [-0.4, -0.2) is 27.5 Å². The summed E-state index contributed by atoms with van der Waals surface area (Å²) in [5.74, 6) is -1.03. The lowest BCUT2D eigenvalue weighted by Crippen LogP contribution is -2.04. The maximum atomic E-state index is 14.0. The van der Waals surface area contributed by atoms with Crippen LogP contribution in [0.3, 0.4) is 0 Å². The highest BCUT2D eigenvalue weighted by Crippen LogP contribution is 2.19. The fourth-order valence-corrected chi connectivity index (χ4v) is 1.74. The summed E-state index contributed by atoms with van der Waals surface area (Å²) in [6, 6.07) is 4.35. The van der Waals surface area contributed by atoms with Crippen molar-refractivity contribution >= 4 is 5.97 Å². The van der Waals surface area contributed by atoms with E-state index in [2.05, 4.69) is 5.10 Å². The molecule has 1 unspecified atom stereocenters. The molecule has 0 spiro atoms. The summed E-state index contributed by atoms with van der Waals surface area (Å²) in [7, 11) is 0. The van der Waals surface area contributed by atoms with Crippen molar-refractivity contribution in [3.8, 4) is 5.69 Å². The Morgan fingerprint density at radius 2 is 2.30 bits per heavy atom. The van der Waals surface area contributed by atoms with Crippen LogP contribution in [0.4, 0.5) is 4.39 Å². The van der Waals surface area contributed by atoms with Gasteiger partial charge in [0.2, 0.25) is 0 Å². The van der Waals surface area contributed by atoms with Crippen molar-refractivity contribution in [2.24, 2.45) is 0 Å². The molecule has 0 aliphatic heterocycles. The molecule has 0 aliphatic carbocycles. The zero-order valence-electron chi connectivity index (χ0n) is 11.2. The second-order valence-electron chi connectivity index (χ2n) is 4.28. The van der Waals surface area contributed by atoms with E-state index in [1.807, 2.05) is 0 Å². The fourth-order valence-electron chi connectivity index (χ4n) is 1.74. The normalized spacial score (nSPS) is 12.2. The summed E-state index contributed by atoms with van der Waals surface area (Å²) in [5.41, 5.74) is 0.930. The lowest BCUT2D eigenvalue weighted by Gasteiger charge is -2.08. The Bertz CT molecular complexity index is 623. The minimum Gasteiger partial charge on any atom is -0.462 e. The molecular weight excluding hydrogens is 263 g/mol. The predicted octanol–water partition coefficient (Wildman–Crippen LogP) is 2.24. The molecule has 1 atom stereocenters. The van der Waals surface area contributed by atoms with Crippen molar-refractivity contribution in [3.63, 3.8) is 0 Å². The molecule has 1 heterocycles. The van der Waals surface area contributed by atoms with Gasteiger partial charge in [-0.25, -0.2) is 13.9 Å². The third-order valence-electron chi connectivity index (χ3n) is 2.79. The zero-order valence-corrected chi connectivity index (χ0v) is 11.2. The van der Waals surface area contributed by atoms with Crippen LogP contribution in [-0.2, 0) is 4.74 Å². The zero-order chi connectivity index (χ0) is 14.7. The molecule has 1 N–H and O–H groups in total. The van der Waals surface area contributed by atoms with E-state index < -0.39 is 17.9 Å². The van der Waals surface area contributed by atoms with Crippen molar-refractivity contribution in [1.29, 1.82) is 0 Å². The molecule has 0 amide bonds. The van der Waals surface area contributed by atoms with Gasteiger partial charge in [-0.2, -0.15) is 5.10 Å². The number of carbonyl (C=O) groups is 1. The van der Waals surface area contributed by atoms with Crippen molar-refractivity contribution < 1.29 is 19.0 Å². The minimum atomic E-state index is -0.744. The molecule has 20 heavy (non-hydrogen) atoms. The van der Waals surface area contributed by atoms with Crippen molar-refractivity contribution in [2.45, 2.75) is 20.0 Å². The number of ether oxygens (including phenoxy) is 1.